The minimum Gasteiger partial charge on any atom is -0.393 e. The third-order valence-corrected chi connectivity index (χ3v) is 4.02. The van der Waals surface area contributed by atoms with E-state index in [0.717, 1.165) is 12.8 Å². The summed E-state index contributed by atoms with van der Waals surface area (Å²) >= 11 is 0. The molecule has 98 valence electrons. The number of rotatable bonds is 10. The smallest absolute Gasteiger partial charge is 0.0596 e. The highest BCUT2D eigenvalue weighted by molar-refractivity contribution is 4.85. The van der Waals surface area contributed by atoms with Crippen molar-refractivity contribution in [2.75, 3.05) is 0 Å². The van der Waals surface area contributed by atoms with Crippen molar-refractivity contribution >= 4 is 0 Å². The summed E-state index contributed by atoms with van der Waals surface area (Å²) in [5.74, 6) is 0. The van der Waals surface area contributed by atoms with Crippen LogP contribution in [0.3, 0.4) is 0 Å². The third kappa shape index (κ3) is 4.86. The van der Waals surface area contributed by atoms with Crippen LogP contribution >= 0.6 is 0 Å². The Morgan fingerprint density at radius 3 is 1.94 bits per heavy atom. The molecule has 2 unspecified atom stereocenters. The average molecular weight is 228 g/mol. The van der Waals surface area contributed by atoms with Crippen LogP contribution in [-0.2, 0) is 0 Å². The molecule has 0 aliphatic rings. The standard InChI is InChI=1S/C15H32O/c1-5-9-11-14(16)15(8-4,12-7-3)13-10-6-2/h14,16H,5-13H2,1-4H3. The fourth-order valence-electron chi connectivity index (χ4n) is 2.78. The van der Waals surface area contributed by atoms with E-state index in [1.807, 2.05) is 0 Å². The zero-order chi connectivity index (χ0) is 12.4. The molecule has 1 heteroatoms. The van der Waals surface area contributed by atoms with Crippen LogP contribution in [0.5, 0.6) is 0 Å². The van der Waals surface area contributed by atoms with Crippen LogP contribution in [0.2, 0.25) is 0 Å². The van der Waals surface area contributed by atoms with E-state index in [0.29, 0.717) is 0 Å². The summed E-state index contributed by atoms with van der Waals surface area (Å²) in [6.45, 7) is 8.93. The highest BCUT2D eigenvalue weighted by Crippen LogP contribution is 2.39. The molecule has 0 fully saturated rings. The predicted octanol–water partition coefficient (Wildman–Crippen LogP) is 4.92. The van der Waals surface area contributed by atoms with Crippen molar-refractivity contribution in [3.8, 4) is 0 Å². The van der Waals surface area contributed by atoms with Gasteiger partial charge in [0.1, 0.15) is 0 Å². The molecule has 2 atom stereocenters. The first-order valence-electron chi connectivity index (χ1n) is 7.34. The summed E-state index contributed by atoms with van der Waals surface area (Å²) in [6.07, 6.45) is 10.5. The lowest BCUT2D eigenvalue weighted by Crippen LogP contribution is -2.34. The Bertz CT molecular complexity index is 156. The van der Waals surface area contributed by atoms with Gasteiger partial charge in [-0.05, 0) is 31.1 Å². The molecule has 0 heterocycles. The molecule has 0 rings (SSSR count). The normalized spacial score (nSPS) is 17.1. The molecule has 0 aromatic rings. The van der Waals surface area contributed by atoms with Gasteiger partial charge in [0.25, 0.3) is 0 Å². The van der Waals surface area contributed by atoms with Crippen LogP contribution in [0.25, 0.3) is 0 Å². The first-order valence-corrected chi connectivity index (χ1v) is 7.34. The van der Waals surface area contributed by atoms with E-state index in [4.69, 9.17) is 0 Å². The summed E-state index contributed by atoms with van der Waals surface area (Å²) in [6, 6.07) is 0. The van der Waals surface area contributed by atoms with E-state index < -0.39 is 0 Å². The van der Waals surface area contributed by atoms with Crippen molar-refractivity contribution in [2.24, 2.45) is 5.41 Å². The maximum Gasteiger partial charge on any atom is 0.0596 e. The molecule has 0 aromatic heterocycles. The van der Waals surface area contributed by atoms with Crippen LogP contribution < -0.4 is 0 Å². The van der Waals surface area contributed by atoms with Gasteiger partial charge in [-0.2, -0.15) is 0 Å². The lowest BCUT2D eigenvalue weighted by atomic mass is 9.71. The molecular weight excluding hydrogens is 196 g/mol. The first-order chi connectivity index (χ1) is 7.66. The van der Waals surface area contributed by atoms with Crippen molar-refractivity contribution < 1.29 is 5.11 Å². The lowest BCUT2D eigenvalue weighted by Gasteiger charge is -2.38. The number of hydrogen-bond acceptors (Lipinski definition) is 1. The van der Waals surface area contributed by atoms with Crippen molar-refractivity contribution in [1.82, 2.24) is 0 Å². The predicted molar refractivity (Wildman–Crippen MR) is 72.7 cm³/mol. The van der Waals surface area contributed by atoms with Crippen LogP contribution in [-0.4, -0.2) is 11.2 Å². The molecule has 0 saturated heterocycles. The summed E-state index contributed by atoms with van der Waals surface area (Å²) in [5.41, 5.74) is 0.208. The molecule has 0 spiro atoms. The van der Waals surface area contributed by atoms with E-state index >= 15 is 0 Å². The molecule has 0 bridgehead atoms. The van der Waals surface area contributed by atoms with Gasteiger partial charge in [-0.25, -0.2) is 0 Å². The highest BCUT2D eigenvalue weighted by Gasteiger charge is 2.33. The van der Waals surface area contributed by atoms with Gasteiger partial charge in [0.05, 0.1) is 6.10 Å². The molecule has 0 aliphatic carbocycles. The third-order valence-electron chi connectivity index (χ3n) is 4.02. The van der Waals surface area contributed by atoms with Crippen molar-refractivity contribution in [1.29, 1.82) is 0 Å². The van der Waals surface area contributed by atoms with Crippen molar-refractivity contribution in [2.45, 2.75) is 91.6 Å². The van der Waals surface area contributed by atoms with Gasteiger partial charge in [0, 0.05) is 0 Å². The second-order valence-corrected chi connectivity index (χ2v) is 5.23. The zero-order valence-electron chi connectivity index (χ0n) is 11.9. The molecule has 0 aromatic carbocycles. The summed E-state index contributed by atoms with van der Waals surface area (Å²) < 4.78 is 0. The highest BCUT2D eigenvalue weighted by atomic mass is 16.3. The Balaban J connectivity index is 4.44. The summed E-state index contributed by atoms with van der Waals surface area (Å²) in [5, 5.41) is 10.4. The van der Waals surface area contributed by atoms with Gasteiger partial charge in [-0.1, -0.05) is 59.8 Å². The van der Waals surface area contributed by atoms with E-state index in [9.17, 15) is 5.11 Å². The van der Waals surface area contributed by atoms with E-state index in [-0.39, 0.29) is 11.5 Å². The fourth-order valence-corrected chi connectivity index (χ4v) is 2.78. The Morgan fingerprint density at radius 2 is 1.50 bits per heavy atom. The SMILES string of the molecule is CCCCC(O)C(CC)(CCC)CCCC. The molecule has 0 amide bonds. The Labute approximate surface area is 103 Å². The fraction of sp³-hybridized carbons (Fsp3) is 1.00. The van der Waals surface area contributed by atoms with E-state index in [1.165, 1.54) is 44.9 Å². The maximum absolute atomic E-state index is 10.4. The van der Waals surface area contributed by atoms with Crippen LogP contribution in [0.4, 0.5) is 0 Å². The Kier molecular flexibility index (Phi) is 9.02. The summed E-state index contributed by atoms with van der Waals surface area (Å²) in [4.78, 5) is 0. The lowest BCUT2D eigenvalue weighted by molar-refractivity contribution is -0.00198. The minimum absolute atomic E-state index is 0.0797. The van der Waals surface area contributed by atoms with Gasteiger partial charge < -0.3 is 5.11 Å². The monoisotopic (exact) mass is 228 g/mol. The van der Waals surface area contributed by atoms with Crippen LogP contribution in [0.1, 0.15) is 85.5 Å². The second kappa shape index (κ2) is 9.04. The number of unbranched alkanes of at least 4 members (excludes halogenated alkanes) is 2. The maximum atomic E-state index is 10.4. The van der Waals surface area contributed by atoms with Crippen molar-refractivity contribution in [3.05, 3.63) is 0 Å². The molecule has 1 N–H and O–H groups in total. The molecule has 0 saturated carbocycles. The van der Waals surface area contributed by atoms with Gasteiger partial charge >= 0.3 is 0 Å². The minimum atomic E-state index is -0.0797. The molecule has 16 heavy (non-hydrogen) atoms. The molecule has 1 nitrogen and oxygen atoms in total. The van der Waals surface area contributed by atoms with E-state index in [1.54, 1.807) is 0 Å². The molecule has 0 radical (unpaired) electrons. The van der Waals surface area contributed by atoms with Crippen LogP contribution in [0, 0.1) is 5.41 Å². The Hall–Kier alpha value is -0.0400. The topological polar surface area (TPSA) is 20.2 Å². The number of aliphatic hydroxyl groups excluding tert-OH is 1. The van der Waals surface area contributed by atoms with Crippen LogP contribution in [0.15, 0.2) is 0 Å². The zero-order valence-corrected chi connectivity index (χ0v) is 11.9. The largest absolute Gasteiger partial charge is 0.393 e. The van der Waals surface area contributed by atoms with E-state index in [2.05, 4.69) is 27.7 Å². The number of hydrogen-bond donors (Lipinski definition) is 1. The quantitative estimate of drug-likeness (QED) is 0.562. The van der Waals surface area contributed by atoms with Gasteiger partial charge in [0.2, 0.25) is 0 Å². The first kappa shape index (κ1) is 16.0. The average Bonchev–Trinajstić information content (AvgIpc) is 2.31. The second-order valence-electron chi connectivity index (χ2n) is 5.23. The summed E-state index contributed by atoms with van der Waals surface area (Å²) in [7, 11) is 0. The van der Waals surface area contributed by atoms with Gasteiger partial charge in [0.15, 0.2) is 0 Å². The number of aliphatic hydroxyl groups is 1. The molecular formula is C15H32O. The van der Waals surface area contributed by atoms with Crippen molar-refractivity contribution in [3.63, 3.8) is 0 Å². The molecule has 0 aliphatic heterocycles. The Morgan fingerprint density at radius 1 is 0.875 bits per heavy atom. The van der Waals surface area contributed by atoms with Gasteiger partial charge in [-0.3, -0.25) is 0 Å². The van der Waals surface area contributed by atoms with Gasteiger partial charge in [-0.15, -0.1) is 0 Å².